The second kappa shape index (κ2) is 13.0. The van der Waals surface area contributed by atoms with Crippen molar-refractivity contribution in [1.29, 1.82) is 0 Å². The lowest BCUT2D eigenvalue weighted by atomic mass is 10.0. The molecule has 2 heterocycles. The Hall–Kier alpha value is -2.73. The Morgan fingerprint density at radius 1 is 1.06 bits per heavy atom. The number of likely N-dealkylation sites (tertiary alicyclic amines) is 1. The second-order valence-corrected chi connectivity index (χ2v) is 10.3. The maximum atomic E-state index is 4.93. The van der Waals surface area contributed by atoms with Gasteiger partial charge < -0.3 is 15.5 Å². The number of aromatic nitrogens is 3. The molecule has 0 amide bonds. The van der Waals surface area contributed by atoms with Crippen LogP contribution in [-0.2, 0) is 0 Å². The van der Waals surface area contributed by atoms with E-state index in [1.165, 1.54) is 69.0 Å². The van der Waals surface area contributed by atoms with Crippen LogP contribution in [0.2, 0.25) is 0 Å². The lowest BCUT2D eigenvalue weighted by molar-refractivity contribution is 0.257. The first-order chi connectivity index (χ1) is 17.6. The summed E-state index contributed by atoms with van der Waals surface area (Å²) in [6.45, 7) is 12.7. The van der Waals surface area contributed by atoms with Gasteiger partial charge in [0.1, 0.15) is 0 Å². The van der Waals surface area contributed by atoms with Crippen molar-refractivity contribution in [2.24, 2.45) is 0 Å². The molecule has 1 aliphatic carbocycles. The Labute approximate surface area is 217 Å². The smallest absolute Gasteiger partial charge is 0.232 e. The molecule has 2 fully saturated rings. The van der Waals surface area contributed by atoms with Crippen LogP contribution in [0.5, 0.6) is 0 Å². The van der Waals surface area contributed by atoms with Gasteiger partial charge in [-0.15, -0.1) is 0 Å². The van der Waals surface area contributed by atoms with Gasteiger partial charge in [-0.2, -0.15) is 15.0 Å². The quantitative estimate of drug-likeness (QED) is 0.340. The van der Waals surface area contributed by atoms with Crippen LogP contribution < -0.4 is 10.6 Å². The monoisotopic (exact) mass is 488 g/mol. The standard InChI is InChI=1S/C30H44N6/c1-5-23-16-18-26(21-22(23)4)32-30-34-28(24(6-2)17-19-27-15-12-20-36(27)7-3)33-29(35-30)31-25-13-10-8-9-11-14-25/h5-6,16,18,21,25,27H,1,7-15,17,19-20H2,2-4H3,(H2,31,32,33,34,35). The predicted octanol–water partition coefficient (Wildman–Crippen LogP) is 7.37. The summed E-state index contributed by atoms with van der Waals surface area (Å²) in [6.07, 6.45) is 16.3. The van der Waals surface area contributed by atoms with Gasteiger partial charge in [0.25, 0.3) is 0 Å². The van der Waals surface area contributed by atoms with Gasteiger partial charge in [-0.3, -0.25) is 0 Å². The fourth-order valence-corrected chi connectivity index (χ4v) is 5.70. The number of anilines is 3. The molecule has 2 aromatic rings. The molecule has 36 heavy (non-hydrogen) atoms. The van der Waals surface area contributed by atoms with Crippen LogP contribution in [0.4, 0.5) is 17.6 Å². The van der Waals surface area contributed by atoms with E-state index < -0.39 is 0 Å². The molecular weight excluding hydrogens is 444 g/mol. The van der Waals surface area contributed by atoms with E-state index in [1.54, 1.807) is 0 Å². The molecule has 1 atom stereocenters. The Balaban J connectivity index is 1.57. The molecular formula is C30H44N6. The second-order valence-electron chi connectivity index (χ2n) is 10.3. The van der Waals surface area contributed by atoms with E-state index >= 15 is 0 Å². The highest BCUT2D eigenvalue weighted by molar-refractivity contribution is 5.65. The number of nitrogens with zero attached hydrogens (tertiary/aromatic N) is 4. The van der Waals surface area contributed by atoms with Gasteiger partial charge in [0.2, 0.25) is 11.9 Å². The van der Waals surface area contributed by atoms with Gasteiger partial charge in [-0.05, 0) is 94.3 Å². The number of benzene rings is 1. The number of nitrogens with one attached hydrogen (secondary N) is 2. The Morgan fingerprint density at radius 3 is 2.53 bits per heavy atom. The molecule has 6 heteroatoms. The Bertz CT molecular complexity index is 1040. The van der Waals surface area contributed by atoms with Gasteiger partial charge in [-0.25, -0.2) is 0 Å². The topological polar surface area (TPSA) is 66.0 Å². The van der Waals surface area contributed by atoms with E-state index in [9.17, 15) is 0 Å². The van der Waals surface area contributed by atoms with E-state index in [1.807, 2.05) is 6.08 Å². The molecule has 0 radical (unpaired) electrons. The molecule has 6 nitrogen and oxygen atoms in total. The Kier molecular flexibility index (Phi) is 9.51. The van der Waals surface area contributed by atoms with Crippen molar-refractivity contribution >= 4 is 29.2 Å². The van der Waals surface area contributed by atoms with Crippen LogP contribution in [0, 0.1) is 6.92 Å². The van der Waals surface area contributed by atoms with Gasteiger partial charge >= 0.3 is 0 Å². The molecule has 1 saturated heterocycles. The first kappa shape index (κ1) is 26.3. The van der Waals surface area contributed by atoms with Gasteiger partial charge in [0.15, 0.2) is 5.82 Å². The van der Waals surface area contributed by atoms with Crippen molar-refractivity contribution in [3.63, 3.8) is 0 Å². The average molecular weight is 489 g/mol. The third-order valence-electron chi connectivity index (χ3n) is 7.86. The Morgan fingerprint density at radius 2 is 1.83 bits per heavy atom. The van der Waals surface area contributed by atoms with Gasteiger partial charge in [0.05, 0.1) is 0 Å². The summed E-state index contributed by atoms with van der Waals surface area (Å²) in [5, 5.41) is 7.11. The lowest BCUT2D eigenvalue weighted by Gasteiger charge is -2.23. The van der Waals surface area contributed by atoms with E-state index in [0.717, 1.165) is 36.5 Å². The molecule has 1 aliphatic heterocycles. The van der Waals surface area contributed by atoms with Crippen molar-refractivity contribution < 1.29 is 0 Å². The minimum absolute atomic E-state index is 0.426. The zero-order chi connectivity index (χ0) is 25.3. The van der Waals surface area contributed by atoms with Crippen molar-refractivity contribution in [1.82, 2.24) is 19.9 Å². The zero-order valence-electron chi connectivity index (χ0n) is 22.5. The predicted molar refractivity (Wildman–Crippen MR) is 153 cm³/mol. The molecule has 194 valence electrons. The van der Waals surface area contributed by atoms with E-state index in [0.29, 0.717) is 24.0 Å². The highest BCUT2D eigenvalue weighted by atomic mass is 15.2. The summed E-state index contributed by atoms with van der Waals surface area (Å²) in [7, 11) is 0. The maximum absolute atomic E-state index is 4.93. The number of aryl methyl sites for hydroxylation is 1. The normalized spacial score (nSPS) is 19.8. The maximum Gasteiger partial charge on any atom is 0.232 e. The first-order valence-electron chi connectivity index (χ1n) is 14.0. The number of hydrogen-bond donors (Lipinski definition) is 2. The summed E-state index contributed by atoms with van der Waals surface area (Å²) >= 11 is 0. The molecule has 2 aliphatic rings. The molecule has 1 aromatic carbocycles. The summed E-state index contributed by atoms with van der Waals surface area (Å²) < 4.78 is 0. The average Bonchev–Trinajstić information content (AvgIpc) is 3.18. The molecule has 1 aromatic heterocycles. The molecule has 1 saturated carbocycles. The lowest BCUT2D eigenvalue weighted by Crippen LogP contribution is -2.29. The third-order valence-corrected chi connectivity index (χ3v) is 7.86. The summed E-state index contributed by atoms with van der Waals surface area (Å²) in [4.78, 5) is 17.2. The molecule has 0 spiro atoms. The first-order valence-corrected chi connectivity index (χ1v) is 14.0. The fourth-order valence-electron chi connectivity index (χ4n) is 5.70. The number of rotatable bonds is 10. The van der Waals surface area contributed by atoms with Gasteiger partial charge in [0, 0.05) is 17.8 Å². The van der Waals surface area contributed by atoms with Crippen molar-refractivity contribution in [3.8, 4) is 0 Å². The van der Waals surface area contributed by atoms with Crippen LogP contribution in [0.1, 0.15) is 95.0 Å². The number of hydrogen-bond acceptors (Lipinski definition) is 6. The van der Waals surface area contributed by atoms with E-state index in [-0.39, 0.29) is 0 Å². The van der Waals surface area contributed by atoms with Crippen molar-refractivity contribution in [3.05, 3.63) is 47.8 Å². The van der Waals surface area contributed by atoms with Crippen LogP contribution in [0.3, 0.4) is 0 Å². The van der Waals surface area contributed by atoms with E-state index in [2.05, 4.69) is 67.2 Å². The van der Waals surface area contributed by atoms with Crippen molar-refractivity contribution in [2.45, 2.75) is 97.1 Å². The van der Waals surface area contributed by atoms with E-state index in [4.69, 9.17) is 15.0 Å². The summed E-state index contributed by atoms with van der Waals surface area (Å²) in [5.74, 6) is 2.06. The summed E-state index contributed by atoms with van der Waals surface area (Å²) in [5.41, 5.74) is 4.48. The van der Waals surface area contributed by atoms with Crippen LogP contribution in [0.25, 0.3) is 11.6 Å². The highest BCUT2D eigenvalue weighted by Gasteiger charge is 2.23. The minimum Gasteiger partial charge on any atom is -0.351 e. The summed E-state index contributed by atoms with van der Waals surface area (Å²) in [6, 6.07) is 7.35. The highest BCUT2D eigenvalue weighted by Crippen LogP contribution is 2.28. The van der Waals surface area contributed by atoms with Crippen LogP contribution >= 0.6 is 0 Å². The molecule has 0 bridgehead atoms. The third kappa shape index (κ3) is 6.94. The minimum atomic E-state index is 0.426. The van der Waals surface area contributed by atoms with Gasteiger partial charge in [-0.1, -0.05) is 57.4 Å². The SMILES string of the molecule is C=Cc1ccc(Nc2nc(NC3CCCCCC3)nc(C(=CC)CCC3CCCN3CC)n2)cc1C. The van der Waals surface area contributed by atoms with Crippen LogP contribution in [-0.4, -0.2) is 45.0 Å². The zero-order valence-corrected chi connectivity index (χ0v) is 22.5. The largest absolute Gasteiger partial charge is 0.351 e. The molecule has 4 rings (SSSR count). The number of allylic oxidation sites excluding steroid dienone is 2. The van der Waals surface area contributed by atoms with Crippen LogP contribution in [0.15, 0.2) is 30.9 Å². The molecule has 2 N–H and O–H groups in total. The molecule has 1 unspecified atom stereocenters. The fraction of sp³-hybridized carbons (Fsp3) is 0.567. The van der Waals surface area contributed by atoms with Crippen molar-refractivity contribution in [2.75, 3.05) is 23.7 Å².